The number of nitrogens with one attached hydrogen (secondary N) is 3. The number of carboxylic acids is 1. The number of rotatable bonds is 5. The lowest BCUT2D eigenvalue weighted by atomic mass is 10.2. The Kier molecular flexibility index (Phi) is 7.59. The second-order valence-electron chi connectivity index (χ2n) is 7.08. The number of oxazole rings is 1. The van der Waals surface area contributed by atoms with Gasteiger partial charge in [0.1, 0.15) is 11.6 Å². The third-order valence-corrected chi connectivity index (χ3v) is 4.22. The van der Waals surface area contributed by atoms with Crippen molar-refractivity contribution in [3.8, 4) is 5.75 Å². The number of aromatic nitrogens is 3. The molecule has 16 heteroatoms. The number of aryl methyl sites for hydroxylation is 1. The highest BCUT2D eigenvalue weighted by Crippen LogP contribution is 2.27. The summed E-state index contributed by atoms with van der Waals surface area (Å²) >= 11 is 0. The number of anilines is 4. The summed E-state index contributed by atoms with van der Waals surface area (Å²) in [4.78, 5) is 31.3. The first-order chi connectivity index (χ1) is 17.2. The summed E-state index contributed by atoms with van der Waals surface area (Å²) in [5, 5.41) is 13.1. The Balaban J connectivity index is 0.000000479. The number of hydrogen-bond acceptors (Lipinski definition) is 8. The molecule has 0 saturated carbocycles. The van der Waals surface area contributed by atoms with Crippen molar-refractivity contribution in [3.05, 3.63) is 64.8 Å². The molecule has 0 aliphatic heterocycles. The average Bonchev–Trinajstić information content (AvgIpc) is 3.14. The highest BCUT2D eigenvalue weighted by atomic mass is 19.4. The molecule has 2 aromatic heterocycles. The SMILES string of the molecule is Cc1cnc(Nc2cccc(OC(F)(F)F)c2)nc1Nc1ccc2oc(=O)[nH]c2c1.O=C(O)C(F)(F)F. The quantitative estimate of drug-likeness (QED) is 0.254. The maximum Gasteiger partial charge on any atom is 0.573 e. The predicted molar refractivity (Wildman–Crippen MR) is 117 cm³/mol. The van der Waals surface area contributed by atoms with Crippen molar-refractivity contribution in [2.45, 2.75) is 19.5 Å². The number of benzene rings is 2. The van der Waals surface area contributed by atoms with Crippen molar-refractivity contribution in [2.75, 3.05) is 10.6 Å². The predicted octanol–water partition coefficient (Wildman–Crippen LogP) is 5.24. The van der Waals surface area contributed by atoms with E-state index >= 15 is 0 Å². The van der Waals surface area contributed by atoms with Crippen LogP contribution < -0.4 is 21.1 Å². The van der Waals surface area contributed by atoms with Gasteiger partial charge in [-0.25, -0.2) is 14.6 Å². The fraction of sp³-hybridized carbons (Fsp3) is 0.143. The summed E-state index contributed by atoms with van der Waals surface area (Å²) in [5.41, 5.74) is 2.65. The van der Waals surface area contributed by atoms with Crippen LogP contribution in [-0.2, 0) is 4.79 Å². The minimum atomic E-state index is -5.08. The van der Waals surface area contributed by atoms with E-state index in [4.69, 9.17) is 14.3 Å². The second kappa shape index (κ2) is 10.5. The minimum Gasteiger partial charge on any atom is -0.475 e. The molecular weight excluding hydrogens is 516 g/mol. The number of carbonyl (C=O) groups is 1. The molecule has 4 aromatic rings. The third-order valence-electron chi connectivity index (χ3n) is 4.22. The molecule has 2 aromatic carbocycles. The van der Waals surface area contributed by atoms with E-state index in [-0.39, 0.29) is 11.7 Å². The van der Waals surface area contributed by atoms with E-state index in [1.807, 2.05) is 0 Å². The van der Waals surface area contributed by atoms with Gasteiger partial charge in [-0.15, -0.1) is 13.2 Å². The summed E-state index contributed by atoms with van der Waals surface area (Å²) < 4.78 is 77.8. The van der Waals surface area contributed by atoms with E-state index in [2.05, 4.69) is 30.3 Å². The maximum absolute atomic E-state index is 12.4. The fourth-order valence-electron chi connectivity index (χ4n) is 2.70. The summed E-state index contributed by atoms with van der Waals surface area (Å²) in [6.45, 7) is 1.79. The number of fused-ring (bicyclic) bond motifs is 1. The summed E-state index contributed by atoms with van der Waals surface area (Å²) in [7, 11) is 0. The number of halogens is 6. The molecule has 0 spiro atoms. The number of aromatic amines is 1. The molecule has 0 aliphatic rings. The van der Waals surface area contributed by atoms with Crippen molar-refractivity contribution in [1.82, 2.24) is 15.0 Å². The maximum atomic E-state index is 12.4. The molecule has 0 aliphatic carbocycles. The highest BCUT2D eigenvalue weighted by Gasteiger charge is 2.38. The van der Waals surface area contributed by atoms with E-state index in [0.717, 1.165) is 5.56 Å². The van der Waals surface area contributed by atoms with Gasteiger partial charge in [0.15, 0.2) is 5.58 Å². The van der Waals surface area contributed by atoms with E-state index in [9.17, 15) is 31.1 Å². The first-order valence-electron chi connectivity index (χ1n) is 9.86. The molecule has 4 N–H and O–H groups in total. The van der Waals surface area contributed by atoms with Gasteiger partial charge in [0, 0.05) is 29.2 Å². The number of carboxylic acid groups (broad SMARTS) is 1. The minimum absolute atomic E-state index is 0.171. The Morgan fingerprint density at radius 1 is 1.05 bits per heavy atom. The Hall–Kier alpha value is -4.76. The Morgan fingerprint density at radius 2 is 1.73 bits per heavy atom. The van der Waals surface area contributed by atoms with Crippen molar-refractivity contribution in [2.24, 2.45) is 0 Å². The van der Waals surface area contributed by atoms with Gasteiger partial charge in [0.05, 0.1) is 5.52 Å². The van der Waals surface area contributed by atoms with Crippen LogP contribution in [0.2, 0.25) is 0 Å². The molecule has 10 nitrogen and oxygen atoms in total. The van der Waals surface area contributed by atoms with Gasteiger partial charge in [-0.2, -0.15) is 18.2 Å². The van der Waals surface area contributed by atoms with Gasteiger partial charge >= 0.3 is 24.3 Å². The summed E-state index contributed by atoms with van der Waals surface area (Å²) in [5.74, 6) is -3.03. The van der Waals surface area contributed by atoms with E-state index < -0.39 is 24.3 Å². The van der Waals surface area contributed by atoms with Crippen LogP contribution >= 0.6 is 0 Å². The molecule has 0 unspecified atom stereocenters. The molecule has 0 atom stereocenters. The van der Waals surface area contributed by atoms with Crippen molar-refractivity contribution in [3.63, 3.8) is 0 Å². The summed E-state index contributed by atoms with van der Waals surface area (Å²) in [6, 6.07) is 10.4. The summed E-state index contributed by atoms with van der Waals surface area (Å²) in [6.07, 6.45) is -8.30. The number of alkyl halides is 6. The first kappa shape index (κ1) is 26.8. The molecule has 196 valence electrons. The van der Waals surface area contributed by atoms with Crippen LogP contribution in [0.1, 0.15) is 5.56 Å². The third kappa shape index (κ3) is 7.87. The Bertz CT molecular complexity index is 1460. The van der Waals surface area contributed by atoms with Gasteiger partial charge in [-0.3, -0.25) is 4.98 Å². The second-order valence-corrected chi connectivity index (χ2v) is 7.08. The molecule has 4 rings (SSSR count). The number of ether oxygens (including phenoxy) is 1. The lowest BCUT2D eigenvalue weighted by Gasteiger charge is -2.12. The van der Waals surface area contributed by atoms with E-state index in [1.165, 1.54) is 18.2 Å². The standard InChI is InChI=1S/C19H14F3N5O3.C2HF3O2/c1-10-9-23-17(25-11-3-2-4-13(7-11)30-19(20,21)22)27-16(10)24-12-5-6-15-14(8-12)26-18(28)29-15;3-2(4,5)1(6)7/h2-9H,1H3,(H,26,28)(H2,23,24,25,27);(H,6,7). The smallest absolute Gasteiger partial charge is 0.475 e. The molecule has 2 heterocycles. The molecule has 0 bridgehead atoms. The molecule has 0 fully saturated rings. The monoisotopic (exact) mass is 531 g/mol. The molecule has 37 heavy (non-hydrogen) atoms. The van der Waals surface area contributed by atoms with E-state index in [0.29, 0.717) is 28.3 Å². The Labute approximate surface area is 201 Å². The number of nitrogens with zero attached hydrogens (tertiary/aromatic N) is 2. The van der Waals surface area contributed by atoms with Crippen molar-refractivity contribution in [1.29, 1.82) is 0 Å². The zero-order valence-electron chi connectivity index (χ0n) is 18.4. The van der Waals surface area contributed by atoms with Crippen LogP contribution in [0.5, 0.6) is 5.75 Å². The van der Waals surface area contributed by atoms with Crippen molar-refractivity contribution >= 4 is 40.2 Å². The molecule has 0 amide bonds. The topological polar surface area (TPSA) is 142 Å². The van der Waals surface area contributed by atoms with Crippen LogP contribution in [0.4, 0.5) is 49.5 Å². The van der Waals surface area contributed by atoms with Crippen molar-refractivity contribution < 1.29 is 45.4 Å². The molecular formula is C21H15F6N5O5. The molecule has 0 radical (unpaired) electrons. The van der Waals surface area contributed by atoms with Crippen LogP contribution in [0.15, 0.2) is 57.9 Å². The van der Waals surface area contributed by atoms with Gasteiger partial charge in [-0.1, -0.05) is 6.07 Å². The largest absolute Gasteiger partial charge is 0.573 e. The van der Waals surface area contributed by atoms with Crippen LogP contribution in [0.3, 0.4) is 0 Å². The number of H-pyrrole nitrogens is 1. The van der Waals surface area contributed by atoms with Crippen LogP contribution in [0, 0.1) is 6.92 Å². The number of aliphatic carboxylic acids is 1. The Morgan fingerprint density at radius 3 is 2.38 bits per heavy atom. The highest BCUT2D eigenvalue weighted by molar-refractivity contribution is 5.78. The molecule has 0 saturated heterocycles. The zero-order valence-corrected chi connectivity index (χ0v) is 18.4. The lowest BCUT2D eigenvalue weighted by molar-refractivity contribution is -0.274. The van der Waals surface area contributed by atoms with E-state index in [1.54, 1.807) is 37.4 Å². The normalized spacial score (nSPS) is 11.4. The van der Waals surface area contributed by atoms with Crippen LogP contribution in [0.25, 0.3) is 11.1 Å². The average molecular weight is 531 g/mol. The zero-order chi connectivity index (χ0) is 27.4. The van der Waals surface area contributed by atoms with Gasteiger partial charge in [-0.05, 0) is 37.3 Å². The van der Waals surface area contributed by atoms with Gasteiger partial charge in [0.2, 0.25) is 5.95 Å². The fourth-order valence-corrected chi connectivity index (χ4v) is 2.70. The number of hydrogen-bond donors (Lipinski definition) is 4. The van der Waals surface area contributed by atoms with Crippen LogP contribution in [-0.4, -0.2) is 38.6 Å². The first-order valence-corrected chi connectivity index (χ1v) is 9.86. The lowest BCUT2D eigenvalue weighted by Crippen LogP contribution is -2.21. The van der Waals surface area contributed by atoms with Gasteiger partial charge < -0.3 is 24.9 Å². The van der Waals surface area contributed by atoms with Gasteiger partial charge in [0.25, 0.3) is 0 Å².